The normalized spacial score (nSPS) is 11.3. The van der Waals surface area contributed by atoms with Gasteiger partial charge in [0.05, 0.1) is 0 Å². The third-order valence-electron chi connectivity index (χ3n) is 3.10. The Morgan fingerprint density at radius 1 is 1.43 bits per heavy atom. The number of fused-ring (bicyclic) bond motifs is 1. The third-order valence-corrected chi connectivity index (χ3v) is 3.78. The highest BCUT2D eigenvalue weighted by molar-refractivity contribution is 7.13. The van der Waals surface area contributed by atoms with Crippen LogP contribution in [-0.4, -0.2) is 10.9 Å². The van der Waals surface area contributed by atoms with Crippen molar-refractivity contribution in [2.24, 2.45) is 0 Å². The van der Waals surface area contributed by atoms with Crippen molar-refractivity contribution in [1.82, 2.24) is 4.98 Å². The van der Waals surface area contributed by atoms with Crippen LogP contribution < -0.4 is 5.32 Å². The Morgan fingerprint density at radius 2 is 2.29 bits per heavy atom. The summed E-state index contributed by atoms with van der Waals surface area (Å²) < 4.78 is 5.79. The molecule has 0 spiro atoms. The molecule has 3 rings (SSSR count). The monoisotopic (exact) mass is 298 g/mol. The van der Waals surface area contributed by atoms with E-state index in [1.807, 2.05) is 36.6 Å². The fourth-order valence-electron chi connectivity index (χ4n) is 2.15. The van der Waals surface area contributed by atoms with Crippen LogP contribution in [0.15, 0.2) is 46.3 Å². The van der Waals surface area contributed by atoms with Gasteiger partial charge in [0, 0.05) is 35.0 Å². The van der Waals surface area contributed by atoms with Gasteiger partial charge in [-0.15, -0.1) is 11.3 Å². The number of hydrogen-bond donors (Lipinski definition) is 1. The van der Waals surface area contributed by atoms with E-state index in [0.717, 1.165) is 28.7 Å². The van der Waals surface area contributed by atoms with E-state index in [1.54, 1.807) is 12.3 Å². The molecule has 3 aromatic rings. The zero-order valence-corrected chi connectivity index (χ0v) is 12.3. The van der Waals surface area contributed by atoms with Crippen molar-refractivity contribution in [3.8, 4) is 0 Å². The van der Waals surface area contributed by atoms with E-state index in [9.17, 15) is 4.79 Å². The lowest BCUT2D eigenvalue weighted by atomic mass is 10.1. The molecule has 5 heteroatoms. The van der Waals surface area contributed by atoms with Gasteiger partial charge in [0.15, 0.2) is 5.13 Å². The van der Waals surface area contributed by atoms with Crippen LogP contribution in [0.25, 0.3) is 17.0 Å². The van der Waals surface area contributed by atoms with Crippen molar-refractivity contribution < 1.29 is 9.21 Å². The average Bonchev–Trinajstić information content (AvgIpc) is 3.12. The first-order chi connectivity index (χ1) is 10.3. The summed E-state index contributed by atoms with van der Waals surface area (Å²) in [5.41, 5.74) is 1.80. The molecule has 1 N–H and O–H groups in total. The van der Waals surface area contributed by atoms with Crippen molar-refractivity contribution in [2.75, 3.05) is 5.32 Å². The molecule has 0 radical (unpaired) electrons. The first kappa shape index (κ1) is 13.6. The van der Waals surface area contributed by atoms with Gasteiger partial charge in [-0.1, -0.05) is 25.1 Å². The van der Waals surface area contributed by atoms with Crippen LogP contribution in [0.2, 0.25) is 0 Å². The molecular formula is C16H14N2O2S. The van der Waals surface area contributed by atoms with Gasteiger partial charge in [-0.05, 0) is 12.1 Å². The first-order valence-electron chi connectivity index (χ1n) is 6.67. The lowest BCUT2D eigenvalue weighted by molar-refractivity contribution is -0.111. The lowest BCUT2D eigenvalue weighted by Gasteiger charge is -1.96. The summed E-state index contributed by atoms with van der Waals surface area (Å²) in [5, 5.41) is 6.15. The molecule has 0 aliphatic heterocycles. The second-order valence-corrected chi connectivity index (χ2v) is 5.34. The molecule has 0 fully saturated rings. The van der Waals surface area contributed by atoms with E-state index >= 15 is 0 Å². The molecule has 0 unspecified atom stereocenters. The number of aryl methyl sites for hydroxylation is 1. The van der Waals surface area contributed by atoms with Crippen LogP contribution >= 0.6 is 11.3 Å². The number of nitrogens with one attached hydrogen (secondary N) is 1. The van der Waals surface area contributed by atoms with Crippen LogP contribution in [-0.2, 0) is 11.2 Å². The number of furan rings is 1. The summed E-state index contributed by atoms with van der Waals surface area (Å²) in [5.74, 6) is 0.687. The number of rotatable bonds is 4. The van der Waals surface area contributed by atoms with Crippen molar-refractivity contribution in [1.29, 1.82) is 0 Å². The van der Waals surface area contributed by atoms with Gasteiger partial charge in [-0.25, -0.2) is 4.98 Å². The maximum Gasteiger partial charge on any atom is 0.250 e. The smallest absolute Gasteiger partial charge is 0.250 e. The highest BCUT2D eigenvalue weighted by Gasteiger charge is 2.10. The Balaban J connectivity index is 1.86. The number of anilines is 1. The number of carbonyl (C=O) groups is 1. The maximum atomic E-state index is 11.9. The third kappa shape index (κ3) is 2.87. The van der Waals surface area contributed by atoms with Crippen LogP contribution in [0.5, 0.6) is 0 Å². The van der Waals surface area contributed by atoms with Gasteiger partial charge in [-0.2, -0.15) is 0 Å². The van der Waals surface area contributed by atoms with E-state index in [-0.39, 0.29) is 5.91 Å². The van der Waals surface area contributed by atoms with Crippen molar-refractivity contribution in [3.05, 3.63) is 53.2 Å². The van der Waals surface area contributed by atoms with Crippen molar-refractivity contribution in [2.45, 2.75) is 13.3 Å². The largest absolute Gasteiger partial charge is 0.460 e. The van der Waals surface area contributed by atoms with Crippen LogP contribution in [0.4, 0.5) is 5.13 Å². The van der Waals surface area contributed by atoms with Crippen molar-refractivity contribution >= 4 is 39.4 Å². The Labute approximate surface area is 126 Å². The Kier molecular flexibility index (Phi) is 3.83. The van der Waals surface area contributed by atoms with Crippen LogP contribution in [0, 0.1) is 0 Å². The Morgan fingerprint density at radius 3 is 3.05 bits per heavy atom. The molecule has 1 aromatic carbocycles. The molecule has 2 heterocycles. The first-order valence-corrected chi connectivity index (χ1v) is 7.55. The molecule has 0 aliphatic rings. The fourth-order valence-corrected chi connectivity index (χ4v) is 2.68. The lowest BCUT2D eigenvalue weighted by Crippen LogP contribution is -2.07. The number of aromatic nitrogens is 1. The van der Waals surface area contributed by atoms with Crippen LogP contribution in [0.1, 0.15) is 18.2 Å². The van der Waals surface area contributed by atoms with Crippen LogP contribution in [0.3, 0.4) is 0 Å². The van der Waals surface area contributed by atoms with Gasteiger partial charge < -0.3 is 4.42 Å². The summed E-state index contributed by atoms with van der Waals surface area (Å²) in [7, 11) is 0. The van der Waals surface area contributed by atoms with Gasteiger partial charge in [0.1, 0.15) is 11.3 Å². The summed E-state index contributed by atoms with van der Waals surface area (Å²) in [6, 6.07) is 7.83. The quantitative estimate of drug-likeness (QED) is 0.738. The van der Waals surface area contributed by atoms with Gasteiger partial charge in [0.2, 0.25) is 5.91 Å². The maximum absolute atomic E-state index is 11.9. The molecule has 0 bridgehead atoms. The molecule has 1 amide bonds. The molecule has 2 aromatic heterocycles. The molecule has 106 valence electrons. The molecule has 21 heavy (non-hydrogen) atoms. The zero-order valence-electron chi connectivity index (χ0n) is 11.5. The minimum Gasteiger partial charge on any atom is -0.460 e. The second-order valence-electron chi connectivity index (χ2n) is 4.45. The number of para-hydroxylation sites is 1. The van der Waals surface area contributed by atoms with Gasteiger partial charge in [0.25, 0.3) is 0 Å². The zero-order chi connectivity index (χ0) is 14.7. The highest BCUT2D eigenvalue weighted by atomic mass is 32.1. The Hall–Kier alpha value is -2.40. The molecule has 0 saturated carbocycles. The number of amides is 1. The van der Waals surface area contributed by atoms with E-state index in [4.69, 9.17) is 4.42 Å². The minimum atomic E-state index is -0.197. The summed E-state index contributed by atoms with van der Waals surface area (Å²) >= 11 is 1.39. The predicted octanol–water partition coefficient (Wildman–Crippen LogP) is 4.10. The highest BCUT2D eigenvalue weighted by Crippen LogP contribution is 2.27. The van der Waals surface area contributed by atoms with Gasteiger partial charge >= 0.3 is 0 Å². The molecule has 4 nitrogen and oxygen atoms in total. The minimum absolute atomic E-state index is 0.197. The molecule has 0 atom stereocenters. The molecule has 0 aliphatic carbocycles. The Bertz CT molecular complexity index is 788. The standard InChI is InChI=1S/C16H14N2O2S/c1-2-13-12(11-5-3-4-6-14(11)20-13)7-8-15(19)18-16-17-9-10-21-16/h3-10H,2H2,1H3,(H,17,18,19). The average molecular weight is 298 g/mol. The number of hydrogen-bond acceptors (Lipinski definition) is 4. The van der Waals surface area contributed by atoms with Gasteiger partial charge in [-0.3, -0.25) is 10.1 Å². The summed E-state index contributed by atoms with van der Waals surface area (Å²) in [6.45, 7) is 2.03. The van der Waals surface area contributed by atoms with E-state index in [2.05, 4.69) is 10.3 Å². The number of nitrogens with zero attached hydrogens (tertiary/aromatic N) is 1. The molecular weight excluding hydrogens is 284 g/mol. The van der Waals surface area contributed by atoms with Crippen molar-refractivity contribution in [3.63, 3.8) is 0 Å². The summed E-state index contributed by atoms with van der Waals surface area (Å²) in [6.07, 6.45) is 5.75. The second kappa shape index (κ2) is 5.93. The van der Waals surface area contributed by atoms with E-state index in [0.29, 0.717) is 5.13 Å². The number of carbonyl (C=O) groups excluding carboxylic acids is 1. The number of thiazole rings is 1. The van der Waals surface area contributed by atoms with E-state index < -0.39 is 0 Å². The number of benzene rings is 1. The topological polar surface area (TPSA) is 55.1 Å². The van der Waals surface area contributed by atoms with E-state index in [1.165, 1.54) is 17.4 Å². The predicted molar refractivity (Wildman–Crippen MR) is 85.4 cm³/mol. The molecule has 0 saturated heterocycles. The SMILES string of the molecule is CCc1oc2ccccc2c1C=CC(=O)Nc1nccs1. The summed E-state index contributed by atoms with van der Waals surface area (Å²) in [4.78, 5) is 15.9. The fraction of sp³-hybridized carbons (Fsp3) is 0.125.